The van der Waals surface area contributed by atoms with Gasteiger partial charge in [0.1, 0.15) is 11.3 Å². The fourth-order valence-electron chi connectivity index (χ4n) is 1.74. The van der Waals surface area contributed by atoms with Gasteiger partial charge >= 0.3 is 0 Å². The van der Waals surface area contributed by atoms with E-state index in [4.69, 9.17) is 4.74 Å². The van der Waals surface area contributed by atoms with Crippen molar-refractivity contribution < 1.29 is 4.74 Å². The normalized spacial score (nSPS) is 11.1. The molecule has 0 spiro atoms. The molecule has 0 N–H and O–H groups in total. The maximum atomic E-state index is 5.36. The summed E-state index contributed by atoms with van der Waals surface area (Å²) in [5.41, 5.74) is 3.02. The Morgan fingerprint density at radius 2 is 1.88 bits per heavy atom. The Bertz CT molecular complexity index is 521. The summed E-state index contributed by atoms with van der Waals surface area (Å²) in [5.74, 6) is 1.28. The number of methoxy groups -OCH3 is 1. The Labute approximate surface area is 95.5 Å². The molecule has 1 aromatic carbocycles. The van der Waals surface area contributed by atoms with Crippen molar-refractivity contribution in [2.45, 2.75) is 26.7 Å². The molecule has 0 bridgehead atoms. The number of ether oxygens (including phenoxy) is 1. The molecule has 0 fully saturated rings. The summed E-state index contributed by atoms with van der Waals surface area (Å²) in [5, 5.41) is 9.33. The average molecular weight is 216 g/mol. The summed E-state index contributed by atoms with van der Waals surface area (Å²) >= 11 is 0. The Kier molecular flexibility index (Phi) is 2.77. The smallest absolute Gasteiger partial charge is 0.147 e. The van der Waals surface area contributed by atoms with Gasteiger partial charge in [0.2, 0.25) is 0 Å². The number of hydrogen-bond donors (Lipinski definition) is 0. The molecule has 0 aliphatic carbocycles. The molecule has 84 valence electrons. The quantitative estimate of drug-likeness (QED) is 0.773. The minimum absolute atomic E-state index is 0.478. The number of fused-ring (bicyclic) bond motifs is 1. The first-order chi connectivity index (χ1) is 7.61. The third-order valence-electron chi connectivity index (χ3n) is 2.69. The molecule has 0 aliphatic heterocycles. The van der Waals surface area contributed by atoms with E-state index in [1.165, 1.54) is 5.56 Å². The minimum Gasteiger partial charge on any atom is -0.494 e. The molecule has 1 aromatic heterocycles. The second kappa shape index (κ2) is 4.08. The van der Waals surface area contributed by atoms with Crippen LogP contribution in [0.1, 0.15) is 31.0 Å². The summed E-state index contributed by atoms with van der Waals surface area (Å²) in [4.78, 5) is 0. The van der Waals surface area contributed by atoms with Gasteiger partial charge in [0.05, 0.1) is 12.8 Å². The largest absolute Gasteiger partial charge is 0.494 e. The molecule has 0 saturated carbocycles. The Morgan fingerprint density at radius 1 is 1.12 bits per heavy atom. The van der Waals surface area contributed by atoms with E-state index in [-0.39, 0.29) is 0 Å². The van der Waals surface area contributed by atoms with Crippen LogP contribution in [0, 0.1) is 6.92 Å². The van der Waals surface area contributed by atoms with Crippen LogP contribution in [0.4, 0.5) is 0 Å². The van der Waals surface area contributed by atoms with Crippen molar-refractivity contribution in [1.82, 2.24) is 10.2 Å². The molecule has 2 rings (SSSR count). The Balaban J connectivity index is 2.73. The van der Waals surface area contributed by atoms with E-state index in [0.29, 0.717) is 5.92 Å². The first kappa shape index (κ1) is 10.9. The fourth-order valence-corrected chi connectivity index (χ4v) is 1.74. The number of hydrogen-bond acceptors (Lipinski definition) is 3. The molecule has 0 saturated heterocycles. The van der Waals surface area contributed by atoms with Crippen molar-refractivity contribution in [2.24, 2.45) is 0 Å². The highest BCUT2D eigenvalue weighted by molar-refractivity contribution is 5.85. The zero-order chi connectivity index (χ0) is 11.7. The molecular formula is C13H16N2O. The summed E-state index contributed by atoms with van der Waals surface area (Å²) in [6.07, 6.45) is 0. The predicted octanol–water partition coefficient (Wildman–Crippen LogP) is 3.07. The zero-order valence-electron chi connectivity index (χ0n) is 10.1. The summed E-state index contributed by atoms with van der Waals surface area (Å²) in [6.45, 7) is 6.28. The number of benzene rings is 1. The van der Waals surface area contributed by atoms with Crippen LogP contribution < -0.4 is 4.74 Å². The molecule has 1 heterocycles. The fraction of sp³-hybridized carbons (Fsp3) is 0.385. The first-order valence-electron chi connectivity index (χ1n) is 5.44. The SMILES string of the molecule is COc1cc(C(C)C)cc2cc(C)nnc12. The average Bonchev–Trinajstić information content (AvgIpc) is 2.26. The van der Waals surface area contributed by atoms with Gasteiger partial charge in [-0.25, -0.2) is 0 Å². The lowest BCUT2D eigenvalue weighted by atomic mass is 10.0. The van der Waals surface area contributed by atoms with Gasteiger partial charge in [-0.1, -0.05) is 13.8 Å². The number of rotatable bonds is 2. The second-order valence-corrected chi connectivity index (χ2v) is 4.30. The van der Waals surface area contributed by atoms with E-state index in [1.54, 1.807) is 7.11 Å². The molecule has 0 radical (unpaired) electrons. The lowest BCUT2D eigenvalue weighted by molar-refractivity contribution is 0.418. The highest BCUT2D eigenvalue weighted by Crippen LogP contribution is 2.28. The van der Waals surface area contributed by atoms with Gasteiger partial charge in [-0.3, -0.25) is 0 Å². The molecule has 0 aliphatic rings. The number of aryl methyl sites for hydroxylation is 1. The highest BCUT2D eigenvalue weighted by atomic mass is 16.5. The molecule has 3 heteroatoms. The maximum absolute atomic E-state index is 5.36. The highest BCUT2D eigenvalue weighted by Gasteiger charge is 2.08. The van der Waals surface area contributed by atoms with Crippen molar-refractivity contribution in [3.63, 3.8) is 0 Å². The summed E-state index contributed by atoms with van der Waals surface area (Å²) in [6, 6.07) is 6.23. The molecule has 0 unspecified atom stereocenters. The van der Waals surface area contributed by atoms with Gasteiger partial charge in [0.25, 0.3) is 0 Å². The van der Waals surface area contributed by atoms with Crippen molar-refractivity contribution in [3.05, 3.63) is 29.5 Å². The van der Waals surface area contributed by atoms with E-state index in [1.807, 2.05) is 19.1 Å². The molecular weight excluding hydrogens is 200 g/mol. The molecule has 16 heavy (non-hydrogen) atoms. The number of aromatic nitrogens is 2. The van der Waals surface area contributed by atoms with Gasteiger partial charge in [0, 0.05) is 5.39 Å². The molecule has 0 amide bonds. The minimum atomic E-state index is 0.478. The van der Waals surface area contributed by atoms with Crippen LogP contribution in [0.5, 0.6) is 5.75 Å². The predicted molar refractivity (Wildman–Crippen MR) is 64.9 cm³/mol. The van der Waals surface area contributed by atoms with Gasteiger partial charge in [-0.15, -0.1) is 5.10 Å². The van der Waals surface area contributed by atoms with Crippen LogP contribution >= 0.6 is 0 Å². The van der Waals surface area contributed by atoms with E-state index < -0.39 is 0 Å². The van der Waals surface area contributed by atoms with E-state index >= 15 is 0 Å². The second-order valence-electron chi connectivity index (χ2n) is 4.30. The van der Waals surface area contributed by atoms with E-state index in [9.17, 15) is 0 Å². The summed E-state index contributed by atoms with van der Waals surface area (Å²) in [7, 11) is 1.67. The van der Waals surface area contributed by atoms with E-state index in [2.05, 4.69) is 30.1 Å². The van der Waals surface area contributed by atoms with Crippen molar-refractivity contribution in [1.29, 1.82) is 0 Å². The van der Waals surface area contributed by atoms with Gasteiger partial charge in [0.15, 0.2) is 0 Å². The third-order valence-corrected chi connectivity index (χ3v) is 2.69. The van der Waals surface area contributed by atoms with Crippen molar-refractivity contribution in [2.75, 3.05) is 7.11 Å². The monoisotopic (exact) mass is 216 g/mol. The first-order valence-corrected chi connectivity index (χ1v) is 5.44. The van der Waals surface area contributed by atoms with Crippen LogP contribution in [0.2, 0.25) is 0 Å². The number of nitrogens with zero attached hydrogens (tertiary/aromatic N) is 2. The zero-order valence-corrected chi connectivity index (χ0v) is 10.1. The van der Waals surface area contributed by atoms with Gasteiger partial charge in [-0.05, 0) is 36.6 Å². The molecule has 0 atom stereocenters. The van der Waals surface area contributed by atoms with Crippen molar-refractivity contribution in [3.8, 4) is 5.75 Å². The third kappa shape index (κ3) is 1.85. The van der Waals surface area contributed by atoms with Gasteiger partial charge < -0.3 is 4.74 Å². The van der Waals surface area contributed by atoms with E-state index in [0.717, 1.165) is 22.3 Å². The van der Waals surface area contributed by atoms with Gasteiger partial charge in [-0.2, -0.15) is 5.10 Å². The lowest BCUT2D eigenvalue weighted by Crippen LogP contribution is -1.95. The standard InChI is InChI=1S/C13H16N2O/c1-8(2)10-6-11-5-9(3)14-15-13(11)12(7-10)16-4/h5-8H,1-4H3. The van der Waals surface area contributed by atoms with Crippen LogP contribution in [-0.4, -0.2) is 17.3 Å². The van der Waals surface area contributed by atoms with Crippen LogP contribution in [0.15, 0.2) is 18.2 Å². The molecule has 3 nitrogen and oxygen atoms in total. The topological polar surface area (TPSA) is 35.0 Å². The Morgan fingerprint density at radius 3 is 2.50 bits per heavy atom. The molecule has 2 aromatic rings. The maximum Gasteiger partial charge on any atom is 0.147 e. The summed E-state index contributed by atoms with van der Waals surface area (Å²) < 4.78 is 5.36. The van der Waals surface area contributed by atoms with Crippen LogP contribution in [0.25, 0.3) is 10.9 Å². The van der Waals surface area contributed by atoms with Crippen LogP contribution in [0.3, 0.4) is 0 Å². The lowest BCUT2D eigenvalue weighted by Gasteiger charge is -2.10. The van der Waals surface area contributed by atoms with Crippen LogP contribution in [-0.2, 0) is 0 Å². The Hall–Kier alpha value is -1.64. The van der Waals surface area contributed by atoms with Crippen molar-refractivity contribution >= 4 is 10.9 Å².